The molecule has 0 aliphatic rings. The van der Waals surface area contributed by atoms with Crippen molar-refractivity contribution >= 4 is 33.7 Å². The second kappa shape index (κ2) is 15.5. The Morgan fingerprint density at radius 1 is 0.761 bits per heavy atom. The summed E-state index contributed by atoms with van der Waals surface area (Å²) in [5.74, 6) is -0.761. The second-order valence-corrected chi connectivity index (χ2v) is 11.3. The summed E-state index contributed by atoms with van der Waals surface area (Å²) in [4.78, 5) is 27.2. The summed E-state index contributed by atoms with van der Waals surface area (Å²) in [7, 11) is 0. The molecule has 0 aliphatic heterocycles. The van der Waals surface area contributed by atoms with Gasteiger partial charge in [0.1, 0.15) is 11.6 Å². The molecule has 0 bridgehead atoms. The number of halogens is 1. The second-order valence-electron chi connectivity index (χ2n) is 11.3. The number of carbonyl (C=O) groups excluding carboxylic acids is 2. The van der Waals surface area contributed by atoms with E-state index in [-0.39, 0.29) is 29.5 Å². The topological polar surface area (TPSA) is 64.2 Å². The van der Waals surface area contributed by atoms with Crippen LogP contribution in [0.2, 0.25) is 0 Å². The molecule has 0 radical (unpaired) electrons. The van der Waals surface area contributed by atoms with Crippen molar-refractivity contribution in [2.24, 2.45) is 0 Å². The summed E-state index contributed by atoms with van der Waals surface area (Å²) in [5.41, 5.74) is 6.04. The van der Waals surface area contributed by atoms with Gasteiger partial charge in [-0.25, -0.2) is 4.79 Å². The van der Waals surface area contributed by atoms with E-state index in [1.54, 1.807) is 6.92 Å². The van der Waals surface area contributed by atoms with Crippen molar-refractivity contribution in [3.8, 4) is 0 Å². The van der Waals surface area contributed by atoms with Gasteiger partial charge in [0.15, 0.2) is 12.7 Å². The van der Waals surface area contributed by atoms with Crippen LogP contribution in [0.25, 0.3) is 21.8 Å². The Bertz CT molecular complexity index is 1910. The molecular weight excluding hydrogens is 638 g/mol. The number of hydrogen-bond donors (Lipinski definition) is 1. The highest BCUT2D eigenvalue weighted by Gasteiger charge is 2.29. The largest absolute Gasteiger partial charge is 1.00 e. The number of rotatable bonds is 12. The van der Waals surface area contributed by atoms with E-state index in [9.17, 15) is 9.59 Å². The number of aromatic nitrogens is 2. The van der Waals surface area contributed by atoms with Crippen molar-refractivity contribution in [2.75, 3.05) is 6.61 Å². The number of pyridine rings is 1. The molecule has 0 saturated heterocycles. The molecule has 4 aromatic carbocycles. The molecule has 0 saturated carbocycles. The van der Waals surface area contributed by atoms with Gasteiger partial charge in [-0.15, -0.1) is 0 Å². The van der Waals surface area contributed by atoms with Crippen LogP contribution in [0.4, 0.5) is 0 Å². The molecule has 1 N–H and O–H groups in total. The molecule has 1 amide bonds. The maximum Gasteiger partial charge on any atom is 0.328 e. The van der Waals surface area contributed by atoms with E-state index in [1.807, 2.05) is 71.3 Å². The van der Waals surface area contributed by atoms with Crippen LogP contribution < -0.4 is 26.9 Å². The highest BCUT2D eigenvalue weighted by Crippen LogP contribution is 2.29. The minimum Gasteiger partial charge on any atom is -1.00 e. The molecule has 0 spiro atoms. The van der Waals surface area contributed by atoms with Crippen molar-refractivity contribution in [3.05, 3.63) is 150 Å². The first-order chi connectivity index (χ1) is 22.1. The fraction of sp³-hybridized carbons (Fsp3) is 0.205. The number of aryl methyl sites for hydroxylation is 2. The van der Waals surface area contributed by atoms with Crippen molar-refractivity contribution in [1.82, 2.24) is 9.88 Å². The van der Waals surface area contributed by atoms with E-state index >= 15 is 0 Å². The molecule has 6 rings (SSSR count). The highest BCUT2D eigenvalue weighted by atomic mass is 79.9. The average molecular weight is 677 g/mol. The molecule has 0 aliphatic carbocycles. The number of fused-ring (bicyclic) bond motifs is 3. The van der Waals surface area contributed by atoms with Gasteiger partial charge in [0, 0.05) is 40.9 Å². The summed E-state index contributed by atoms with van der Waals surface area (Å²) in [6, 6.07) is 39.9. The van der Waals surface area contributed by atoms with Gasteiger partial charge in [-0.1, -0.05) is 109 Å². The smallest absolute Gasteiger partial charge is 0.328 e. The number of nitrogens with one attached hydrogen (secondary N) is 1. The lowest BCUT2D eigenvalue weighted by Crippen LogP contribution is -3.00. The van der Waals surface area contributed by atoms with Crippen molar-refractivity contribution in [3.63, 3.8) is 0 Å². The number of ether oxygens (including phenoxy) is 1. The van der Waals surface area contributed by atoms with E-state index in [0.717, 1.165) is 52.3 Å². The van der Waals surface area contributed by atoms with Crippen LogP contribution in [0.15, 0.2) is 128 Å². The monoisotopic (exact) mass is 675 g/mol. The van der Waals surface area contributed by atoms with Gasteiger partial charge in [0.25, 0.3) is 5.69 Å². The maximum atomic E-state index is 14.1. The van der Waals surface area contributed by atoms with Crippen LogP contribution in [0.1, 0.15) is 40.5 Å². The third-order valence-corrected chi connectivity index (χ3v) is 8.20. The summed E-state index contributed by atoms with van der Waals surface area (Å²) >= 11 is 0. The third-order valence-electron chi connectivity index (χ3n) is 8.20. The third kappa shape index (κ3) is 7.54. The van der Waals surface area contributed by atoms with Gasteiger partial charge < -0.3 is 31.6 Å². The average Bonchev–Trinajstić information content (AvgIpc) is 3.38. The van der Waals surface area contributed by atoms with Crippen LogP contribution in [0.3, 0.4) is 0 Å². The predicted molar refractivity (Wildman–Crippen MR) is 178 cm³/mol. The van der Waals surface area contributed by atoms with Gasteiger partial charge in [0.05, 0.1) is 6.61 Å². The number of esters is 1. The summed E-state index contributed by atoms with van der Waals surface area (Å²) < 4.78 is 9.75. The Hall–Kier alpha value is -4.75. The number of carbonyl (C=O) groups is 2. The Morgan fingerprint density at radius 3 is 2.04 bits per heavy atom. The summed E-state index contributed by atoms with van der Waals surface area (Å²) in [5, 5.41) is 5.13. The van der Waals surface area contributed by atoms with Crippen molar-refractivity contribution < 1.29 is 35.9 Å². The molecule has 0 unspecified atom stereocenters. The zero-order valence-electron chi connectivity index (χ0n) is 25.9. The van der Waals surface area contributed by atoms with Crippen LogP contribution in [-0.2, 0) is 35.5 Å². The molecule has 2 aromatic heterocycles. The fourth-order valence-corrected chi connectivity index (χ4v) is 6.03. The predicted octanol–water partition coefficient (Wildman–Crippen LogP) is 3.67. The lowest BCUT2D eigenvalue weighted by atomic mass is 10.1. The number of benzene rings is 4. The van der Waals surface area contributed by atoms with Crippen LogP contribution >= 0.6 is 0 Å². The van der Waals surface area contributed by atoms with E-state index < -0.39 is 12.0 Å². The van der Waals surface area contributed by atoms with Crippen molar-refractivity contribution in [2.45, 2.75) is 45.3 Å². The van der Waals surface area contributed by atoms with Gasteiger partial charge in [-0.3, -0.25) is 4.79 Å². The number of hydrogen-bond acceptors (Lipinski definition) is 3. The first-order valence-electron chi connectivity index (χ1n) is 15.6. The lowest BCUT2D eigenvalue weighted by Gasteiger charge is -2.17. The first-order valence-corrected chi connectivity index (χ1v) is 15.6. The van der Waals surface area contributed by atoms with E-state index in [0.29, 0.717) is 18.7 Å². The minimum absolute atomic E-state index is 0. The Kier molecular flexibility index (Phi) is 11.0. The number of para-hydroxylation sites is 1. The number of nitrogens with zero attached hydrogens (tertiary/aromatic N) is 2. The summed E-state index contributed by atoms with van der Waals surface area (Å²) in [6.07, 6.45) is 4.40. The molecule has 0 fully saturated rings. The molecule has 46 heavy (non-hydrogen) atoms. The van der Waals surface area contributed by atoms with E-state index in [4.69, 9.17) is 4.74 Å². The van der Waals surface area contributed by atoms with Gasteiger partial charge in [-0.05, 0) is 37.0 Å². The summed E-state index contributed by atoms with van der Waals surface area (Å²) in [6.45, 7) is 3.37. The van der Waals surface area contributed by atoms with Gasteiger partial charge in [-0.2, -0.15) is 4.57 Å². The number of amides is 1. The zero-order chi connectivity index (χ0) is 31.0. The normalized spacial score (nSPS) is 11.6. The zero-order valence-corrected chi connectivity index (χ0v) is 27.5. The Labute approximate surface area is 280 Å². The minimum atomic E-state index is -0.819. The maximum absolute atomic E-state index is 14.1. The highest BCUT2D eigenvalue weighted by molar-refractivity contribution is 6.09. The van der Waals surface area contributed by atoms with Crippen molar-refractivity contribution in [1.29, 1.82) is 0 Å². The van der Waals surface area contributed by atoms with Gasteiger partial charge >= 0.3 is 11.9 Å². The van der Waals surface area contributed by atoms with Crippen LogP contribution in [0.5, 0.6) is 0 Å². The lowest BCUT2D eigenvalue weighted by molar-refractivity contribution is -0.689. The Morgan fingerprint density at radius 2 is 1.37 bits per heavy atom. The quantitative estimate of drug-likeness (QED) is 0.159. The van der Waals surface area contributed by atoms with Crippen LogP contribution in [0, 0.1) is 0 Å². The molecule has 6 nitrogen and oxygen atoms in total. The standard InChI is InChI=1S/C39H37N3O3.BrH/c1-2-45-39(44)34(25-30-17-8-4-9-18-30)40-38(43)36-26-33-32-22-12-13-23-35(32)42(24-14-21-29-15-6-3-7-16-29)37(33)28-41(36)27-31-19-10-5-11-20-31;/h3-13,15-20,22-23,26,28,34H,2,14,21,24-25,27H2,1H3;1H/t34-;/m0./s1. The van der Waals surface area contributed by atoms with Crippen LogP contribution in [-0.4, -0.2) is 29.1 Å². The molecule has 6 aromatic rings. The SMILES string of the molecule is CCOC(=O)[C@H](Cc1ccccc1)NC(=O)c1cc2c3ccccc3n(CCCc3ccccc3)c2c[n+]1Cc1ccccc1.[Br-]. The first kappa shape index (κ1) is 32.6. The van der Waals surface area contributed by atoms with E-state index in [2.05, 4.69) is 70.7 Å². The molecular formula is C39H38BrN3O3. The van der Waals surface area contributed by atoms with E-state index in [1.165, 1.54) is 5.56 Å². The molecule has 7 heteroatoms. The Balaban J connectivity index is 0.00000417. The van der Waals surface area contributed by atoms with Gasteiger partial charge in [0.2, 0.25) is 0 Å². The molecule has 2 heterocycles. The fourth-order valence-electron chi connectivity index (χ4n) is 6.03. The molecule has 234 valence electrons. The molecule has 1 atom stereocenters.